The lowest BCUT2D eigenvalue weighted by molar-refractivity contribution is 0.0635. The van der Waals surface area contributed by atoms with Crippen LogP contribution < -0.4 is 0 Å². The molecule has 6 unspecified atom stereocenters. The van der Waals surface area contributed by atoms with Crippen LogP contribution >= 0.6 is 0 Å². The SMILES string of the molecule is OC1CCCC1C1CCCN1CC1CC2CCC1C2. The fraction of sp³-hybridized carbons (Fsp3) is 1.00. The van der Waals surface area contributed by atoms with E-state index in [2.05, 4.69) is 4.90 Å². The molecule has 3 saturated carbocycles. The van der Waals surface area contributed by atoms with Gasteiger partial charge in [-0.3, -0.25) is 4.90 Å². The van der Waals surface area contributed by atoms with Crippen LogP contribution in [-0.4, -0.2) is 35.2 Å². The van der Waals surface area contributed by atoms with E-state index in [0.717, 1.165) is 30.2 Å². The van der Waals surface area contributed by atoms with E-state index in [1.807, 2.05) is 0 Å². The standard InChI is InChI=1S/C17H29NO/c19-17-5-1-3-15(17)16-4-2-8-18(16)11-14-10-12-6-7-13(14)9-12/h12-17,19H,1-11H2. The molecule has 0 radical (unpaired) electrons. The Morgan fingerprint density at radius 2 is 1.89 bits per heavy atom. The van der Waals surface area contributed by atoms with E-state index in [0.29, 0.717) is 5.92 Å². The maximum atomic E-state index is 10.2. The van der Waals surface area contributed by atoms with Gasteiger partial charge in [-0.05, 0) is 69.2 Å². The average Bonchev–Trinajstić information content (AvgIpc) is 3.13. The van der Waals surface area contributed by atoms with Gasteiger partial charge in [0.05, 0.1) is 6.10 Å². The Morgan fingerprint density at radius 3 is 2.58 bits per heavy atom. The van der Waals surface area contributed by atoms with Gasteiger partial charge in [0.15, 0.2) is 0 Å². The number of hydrogen-bond donors (Lipinski definition) is 1. The molecule has 1 heterocycles. The van der Waals surface area contributed by atoms with E-state index in [1.165, 1.54) is 64.5 Å². The monoisotopic (exact) mass is 263 g/mol. The first-order valence-electron chi connectivity index (χ1n) is 8.73. The lowest BCUT2D eigenvalue weighted by Gasteiger charge is -2.35. The Bertz CT molecular complexity index is 331. The molecule has 2 bridgehead atoms. The third-order valence-corrected chi connectivity index (χ3v) is 6.79. The first-order valence-corrected chi connectivity index (χ1v) is 8.73. The number of aliphatic hydroxyl groups is 1. The van der Waals surface area contributed by atoms with E-state index in [-0.39, 0.29) is 6.10 Å². The molecule has 4 aliphatic rings. The highest BCUT2D eigenvalue weighted by Crippen LogP contribution is 2.49. The zero-order chi connectivity index (χ0) is 12.8. The molecule has 2 heteroatoms. The Hall–Kier alpha value is -0.0800. The quantitative estimate of drug-likeness (QED) is 0.846. The first kappa shape index (κ1) is 12.6. The first-order chi connectivity index (χ1) is 9.31. The summed E-state index contributed by atoms with van der Waals surface area (Å²) < 4.78 is 0. The second-order valence-electron chi connectivity index (χ2n) is 7.80. The fourth-order valence-electron chi connectivity index (χ4n) is 5.88. The molecule has 0 amide bonds. The van der Waals surface area contributed by atoms with Crippen LogP contribution in [0.3, 0.4) is 0 Å². The highest BCUT2D eigenvalue weighted by molar-refractivity contribution is 4.96. The minimum atomic E-state index is 0.00521. The molecule has 2 nitrogen and oxygen atoms in total. The molecule has 4 rings (SSSR count). The van der Waals surface area contributed by atoms with Gasteiger partial charge in [-0.25, -0.2) is 0 Å². The molecular weight excluding hydrogens is 234 g/mol. The molecule has 1 saturated heterocycles. The van der Waals surface area contributed by atoms with Crippen molar-refractivity contribution in [3.8, 4) is 0 Å². The predicted molar refractivity (Wildman–Crippen MR) is 76.9 cm³/mol. The van der Waals surface area contributed by atoms with Gasteiger partial charge >= 0.3 is 0 Å². The van der Waals surface area contributed by atoms with E-state index in [9.17, 15) is 5.11 Å². The molecule has 19 heavy (non-hydrogen) atoms. The summed E-state index contributed by atoms with van der Waals surface area (Å²) in [6.07, 6.45) is 12.4. The van der Waals surface area contributed by atoms with Gasteiger partial charge in [-0.1, -0.05) is 12.8 Å². The molecule has 1 aliphatic heterocycles. The highest BCUT2D eigenvalue weighted by atomic mass is 16.3. The summed E-state index contributed by atoms with van der Waals surface area (Å²) in [6.45, 7) is 2.66. The molecule has 3 aliphatic carbocycles. The van der Waals surface area contributed by atoms with Gasteiger partial charge in [0.2, 0.25) is 0 Å². The highest BCUT2D eigenvalue weighted by Gasteiger charge is 2.43. The maximum absolute atomic E-state index is 10.2. The summed E-state index contributed by atoms with van der Waals surface area (Å²) >= 11 is 0. The predicted octanol–water partition coefficient (Wildman–Crippen LogP) is 3.05. The number of aliphatic hydroxyl groups excluding tert-OH is 1. The van der Waals surface area contributed by atoms with Gasteiger partial charge in [-0.2, -0.15) is 0 Å². The molecule has 4 fully saturated rings. The van der Waals surface area contributed by atoms with Gasteiger partial charge in [0.25, 0.3) is 0 Å². The van der Waals surface area contributed by atoms with Crippen molar-refractivity contribution in [2.45, 2.75) is 69.9 Å². The second-order valence-corrected chi connectivity index (χ2v) is 7.80. The number of rotatable bonds is 3. The van der Waals surface area contributed by atoms with E-state index in [1.54, 1.807) is 0 Å². The third-order valence-electron chi connectivity index (χ3n) is 6.79. The van der Waals surface area contributed by atoms with Crippen molar-refractivity contribution in [3.63, 3.8) is 0 Å². The maximum Gasteiger partial charge on any atom is 0.0583 e. The summed E-state index contributed by atoms with van der Waals surface area (Å²) in [7, 11) is 0. The van der Waals surface area contributed by atoms with E-state index in [4.69, 9.17) is 0 Å². The third kappa shape index (κ3) is 2.25. The zero-order valence-electron chi connectivity index (χ0n) is 12.1. The van der Waals surface area contributed by atoms with Crippen LogP contribution in [0.4, 0.5) is 0 Å². The van der Waals surface area contributed by atoms with Crippen LogP contribution in [0.25, 0.3) is 0 Å². The van der Waals surface area contributed by atoms with Crippen molar-refractivity contribution >= 4 is 0 Å². The summed E-state index contributed by atoms with van der Waals surface area (Å²) in [5.41, 5.74) is 0. The lowest BCUT2D eigenvalue weighted by atomic mass is 9.87. The van der Waals surface area contributed by atoms with Crippen LogP contribution in [0.5, 0.6) is 0 Å². The van der Waals surface area contributed by atoms with Crippen molar-refractivity contribution in [1.29, 1.82) is 0 Å². The molecule has 0 spiro atoms. The summed E-state index contributed by atoms with van der Waals surface area (Å²) in [6, 6.07) is 0.719. The van der Waals surface area contributed by atoms with Crippen molar-refractivity contribution in [2.24, 2.45) is 23.7 Å². The Labute approximate surface area is 117 Å². The largest absolute Gasteiger partial charge is 0.393 e. The smallest absolute Gasteiger partial charge is 0.0583 e. The number of nitrogens with zero attached hydrogens (tertiary/aromatic N) is 1. The fourth-order valence-corrected chi connectivity index (χ4v) is 5.88. The van der Waals surface area contributed by atoms with Crippen molar-refractivity contribution < 1.29 is 5.11 Å². The van der Waals surface area contributed by atoms with Gasteiger partial charge < -0.3 is 5.11 Å². The van der Waals surface area contributed by atoms with Gasteiger partial charge in [-0.15, -0.1) is 0 Å². The van der Waals surface area contributed by atoms with Crippen LogP contribution in [-0.2, 0) is 0 Å². The molecular formula is C17H29NO. The number of hydrogen-bond acceptors (Lipinski definition) is 2. The van der Waals surface area contributed by atoms with Crippen molar-refractivity contribution in [2.75, 3.05) is 13.1 Å². The van der Waals surface area contributed by atoms with Crippen molar-refractivity contribution in [3.05, 3.63) is 0 Å². The molecule has 108 valence electrons. The Balaban J connectivity index is 1.40. The van der Waals surface area contributed by atoms with Crippen molar-refractivity contribution in [1.82, 2.24) is 4.90 Å². The van der Waals surface area contributed by atoms with E-state index >= 15 is 0 Å². The summed E-state index contributed by atoms with van der Waals surface area (Å²) in [5, 5.41) is 10.2. The van der Waals surface area contributed by atoms with E-state index < -0.39 is 0 Å². The van der Waals surface area contributed by atoms with Crippen LogP contribution in [0.1, 0.15) is 57.8 Å². The molecule has 0 aromatic heterocycles. The molecule has 1 N–H and O–H groups in total. The second kappa shape index (κ2) is 5.04. The van der Waals surface area contributed by atoms with Crippen LogP contribution in [0, 0.1) is 23.7 Å². The minimum absolute atomic E-state index is 0.00521. The van der Waals surface area contributed by atoms with Gasteiger partial charge in [0, 0.05) is 18.5 Å². The lowest BCUT2D eigenvalue weighted by Crippen LogP contribution is -2.42. The number of likely N-dealkylation sites (tertiary alicyclic amines) is 1. The minimum Gasteiger partial charge on any atom is -0.393 e. The van der Waals surface area contributed by atoms with Crippen LogP contribution in [0.2, 0.25) is 0 Å². The zero-order valence-corrected chi connectivity index (χ0v) is 12.1. The molecule has 6 atom stereocenters. The van der Waals surface area contributed by atoms with Crippen LogP contribution in [0.15, 0.2) is 0 Å². The molecule has 0 aromatic carbocycles. The molecule has 0 aromatic rings. The number of fused-ring (bicyclic) bond motifs is 2. The average molecular weight is 263 g/mol. The normalized spacial score (nSPS) is 50.4. The Morgan fingerprint density at radius 1 is 0.947 bits per heavy atom. The topological polar surface area (TPSA) is 23.5 Å². The Kier molecular flexibility index (Phi) is 3.35. The summed E-state index contributed by atoms with van der Waals surface area (Å²) in [5.74, 6) is 3.73. The summed E-state index contributed by atoms with van der Waals surface area (Å²) in [4.78, 5) is 2.78. The van der Waals surface area contributed by atoms with Gasteiger partial charge in [0.1, 0.15) is 0 Å².